The number of aliphatic hydroxyl groups excluding tert-OH is 2. The summed E-state index contributed by atoms with van der Waals surface area (Å²) in [5.74, 6) is -1.16. The third-order valence-corrected chi connectivity index (χ3v) is 3.43. The Morgan fingerprint density at radius 2 is 1.82 bits per heavy atom. The smallest absolute Gasteiger partial charge is 0.306 e. The van der Waals surface area contributed by atoms with Crippen molar-refractivity contribution < 1.29 is 25.2 Å². The van der Waals surface area contributed by atoms with E-state index < -0.39 is 17.6 Å². The second-order valence-corrected chi connectivity index (χ2v) is 4.78. The lowest BCUT2D eigenvalue weighted by Crippen LogP contribution is -2.49. The van der Waals surface area contributed by atoms with Crippen molar-refractivity contribution in [2.75, 3.05) is 19.8 Å². The zero-order valence-corrected chi connectivity index (χ0v) is 9.80. The Morgan fingerprint density at radius 1 is 1.29 bits per heavy atom. The molecule has 17 heavy (non-hydrogen) atoms. The lowest BCUT2D eigenvalue weighted by atomic mass is 9.78. The van der Waals surface area contributed by atoms with E-state index in [-0.39, 0.29) is 25.7 Å². The van der Waals surface area contributed by atoms with E-state index in [4.69, 9.17) is 15.3 Å². The zero-order chi connectivity index (χ0) is 12.9. The Balaban J connectivity index is 2.36. The average molecular weight is 247 g/mol. The number of aliphatic carboxylic acids is 1. The van der Waals surface area contributed by atoms with Crippen molar-refractivity contribution in [3.8, 4) is 0 Å². The minimum absolute atomic E-state index is 0.190. The minimum Gasteiger partial charge on any atom is -0.481 e. The lowest BCUT2D eigenvalue weighted by Gasteiger charge is -2.35. The van der Waals surface area contributed by atoms with Crippen LogP contribution in [0.2, 0.25) is 0 Å². The summed E-state index contributed by atoms with van der Waals surface area (Å²) in [5, 5.41) is 39.7. The fourth-order valence-corrected chi connectivity index (χ4v) is 2.10. The van der Waals surface area contributed by atoms with Gasteiger partial charge >= 0.3 is 5.97 Å². The number of rotatable bonds is 6. The molecule has 6 nitrogen and oxygen atoms in total. The van der Waals surface area contributed by atoms with E-state index in [1.807, 2.05) is 0 Å². The van der Waals surface area contributed by atoms with Crippen LogP contribution in [0.4, 0.5) is 0 Å². The molecule has 1 rings (SSSR count). The largest absolute Gasteiger partial charge is 0.481 e. The van der Waals surface area contributed by atoms with Crippen molar-refractivity contribution in [3.63, 3.8) is 0 Å². The lowest BCUT2D eigenvalue weighted by molar-refractivity contribution is -0.144. The highest BCUT2D eigenvalue weighted by atomic mass is 16.4. The van der Waals surface area contributed by atoms with E-state index in [0.29, 0.717) is 25.7 Å². The summed E-state index contributed by atoms with van der Waals surface area (Å²) in [7, 11) is 0. The molecule has 1 saturated carbocycles. The van der Waals surface area contributed by atoms with Gasteiger partial charge < -0.3 is 25.7 Å². The minimum atomic E-state index is -0.922. The number of hydrogen-bond acceptors (Lipinski definition) is 5. The molecule has 0 amide bonds. The highest BCUT2D eigenvalue weighted by Gasteiger charge is 2.35. The summed E-state index contributed by atoms with van der Waals surface area (Å²) < 4.78 is 0. The Bertz CT molecular complexity index is 246. The monoisotopic (exact) mass is 247 g/mol. The molecule has 0 heterocycles. The maximum Gasteiger partial charge on any atom is 0.306 e. The molecule has 0 atom stereocenters. The molecule has 5 N–H and O–H groups in total. The van der Waals surface area contributed by atoms with Crippen LogP contribution in [-0.2, 0) is 4.79 Å². The first-order chi connectivity index (χ1) is 8.00. The van der Waals surface area contributed by atoms with Crippen LogP contribution in [0.15, 0.2) is 0 Å². The first-order valence-electron chi connectivity index (χ1n) is 5.91. The molecule has 0 aromatic carbocycles. The zero-order valence-electron chi connectivity index (χ0n) is 9.80. The normalized spacial score (nSPS) is 29.5. The van der Waals surface area contributed by atoms with Gasteiger partial charge in [0.1, 0.15) is 0 Å². The van der Waals surface area contributed by atoms with Gasteiger partial charge in [-0.15, -0.1) is 0 Å². The Hall–Kier alpha value is -0.690. The second kappa shape index (κ2) is 6.30. The van der Waals surface area contributed by atoms with Gasteiger partial charge in [0.15, 0.2) is 0 Å². The molecule has 1 aliphatic carbocycles. The third-order valence-electron chi connectivity index (χ3n) is 3.43. The topological polar surface area (TPSA) is 110 Å². The molecule has 100 valence electrons. The van der Waals surface area contributed by atoms with Crippen molar-refractivity contribution in [2.45, 2.75) is 37.3 Å². The fraction of sp³-hybridized carbons (Fsp3) is 0.909. The average Bonchev–Trinajstić information content (AvgIpc) is 2.31. The van der Waals surface area contributed by atoms with E-state index in [1.54, 1.807) is 0 Å². The molecule has 6 heteroatoms. The van der Waals surface area contributed by atoms with Gasteiger partial charge in [-0.05, 0) is 25.7 Å². The van der Waals surface area contributed by atoms with Gasteiger partial charge in [0.25, 0.3) is 0 Å². The van der Waals surface area contributed by atoms with Gasteiger partial charge in [-0.2, -0.15) is 0 Å². The number of carbonyl (C=O) groups is 1. The summed E-state index contributed by atoms with van der Waals surface area (Å²) in [6, 6.07) is -0.434. The predicted octanol–water partition coefficient (Wildman–Crippen LogP) is -1.06. The van der Waals surface area contributed by atoms with E-state index >= 15 is 0 Å². The van der Waals surface area contributed by atoms with Crippen LogP contribution in [0, 0.1) is 5.92 Å². The van der Waals surface area contributed by atoms with E-state index in [1.165, 1.54) is 0 Å². The molecule has 0 spiro atoms. The summed E-state index contributed by atoms with van der Waals surface area (Å²) >= 11 is 0. The van der Waals surface area contributed by atoms with Gasteiger partial charge in [0.05, 0.1) is 30.8 Å². The molecule has 0 aromatic rings. The van der Waals surface area contributed by atoms with Crippen molar-refractivity contribution in [2.24, 2.45) is 5.92 Å². The van der Waals surface area contributed by atoms with Gasteiger partial charge in [-0.3, -0.25) is 4.79 Å². The number of carboxylic acids is 1. The first kappa shape index (κ1) is 14.4. The Kier molecular flexibility index (Phi) is 5.32. The molecule has 0 bridgehead atoms. The molecule has 0 aliphatic heterocycles. The van der Waals surface area contributed by atoms with Crippen LogP contribution in [0.3, 0.4) is 0 Å². The standard InChI is InChI=1S/C11H21NO5/c13-5-9(6-14)12-7-11(17)3-1-8(2-4-11)10(15)16/h8-9,12-14,17H,1-7H2,(H,15,16). The van der Waals surface area contributed by atoms with Crippen LogP contribution in [0.5, 0.6) is 0 Å². The molecular weight excluding hydrogens is 226 g/mol. The molecule has 0 radical (unpaired) electrons. The summed E-state index contributed by atoms with van der Waals surface area (Å²) in [6.45, 7) is -0.111. The van der Waals surface area contributed by atoms with E-state index in [9.17, 15) is 9.90 Å². The maximum absolute atomic E-state index is 10.8. The second-order valence-electron chi connectivity index (χ2n) is 4.78. The van der Waals surface area contributed by atoms with Gasteiger partial charge in [0.2, 0.25) is 0 Å². The first-order valence-corrected chi connectivity index (χ1v) is 5.91. The van der Waals surface area contributed by atoms with Gasteiger partial charge in [-0.1, -0.05) is 0 Å². The molecule has 1 fully saturated rings. The molecule has 0 aromatic heterocycles. The number of aliphatic hydroxyl groups is 3. The maximum atomic E-state index is 10.8. The quantitative estimate of drug-likeness (QED) is 0.409. The van der Waals surface area contributed by atoms with Crippen LogP contribution in [0.25, 0.3) is 0 Å². The van der Waals surface area contributed by atoms with Gasteiger partial charge in [0, 0.05) is 6.54 Å². The number of carboxylic acid groups (broad SMARTS) is 1. The fourth-order valence-electron chi connectivity index (χ4n) is 2.10. The van der Waals surface area contributed by atoms with Crippen LogP contribution in [-0.4, -0.2) is 57.8 Å². The highest BCUT2D eigenvalue weighted by molar-refractivity contribution is 5.70. The molecule has 1 aliphatic rings. The van der Waals surface area contributed by atoms with Crippen molar-refractivity contribution in [1.82, 2.24) is 5.32 Å². The third kappa shape index (κ3) is 4.23. The number of hydrogen-bond donors (Lipinski definition) is 5. The SMILES string of the molecule is O=C(O)C1CCC(O)(CNC(CO)CO)CC1. The van der Waals surface area contributed by atoms with E-state index in [0.717, 1.165) is 0 Å². The van der Waals surface area contributed by atoms with Crippen LogP contribution >= 0.6 is 0 Å². The van der Waals surface area contributed by atoms with E-state index in [2.05, 4.69) is 5.32 Å². The van der Waals surface area contributed by atoms with Crippen LogP contribution < -0.4 is 5.32 Å². The van der Waals surface area contributed by atoms with Crippen molar-refractivity contribution >= 4 is 5.97 Å². The van der Waals surface area contributed by atoms with Gasteiger partial charge in [-0.25, -0.2) is 0 Å². The molecule has 0 unspecified atom stereocenters. The molecule has 0 saturated heterocycles. The van der Waals surface area contributed by atoms with Crippen LogP contribution in [0.1, 0.15) is 25.7 Å². The summed E-state index contributed by atoms with van der Waals surface area (Å²) in [4.78, 5) is 10.8. The molecular formula is C11H21NO5. The van der Waals surface area contributed by atoms with Crippen molar-refractivity contribution in [3.05, 3.63) is 0 Å². The summed E-state index contributed by atoms with van der Waals surface area (Å²) in [6.07, 6.45) is 1.80. The highest BCUT2D eigenvalue weighted by Crippen LogP contribution is 2.31. The predicted molar refractivity (Wildman–Crippen MR) is 60.5 cm³/mol. The Morgan fingerprint density at radius 3 is 2.24 bits per heavy atom. The number of nitrogens with one attached hydrogen (secondary N) is 1. The summed E-state index contributed by atoms with van der Waals surface area (Å²) in [5.41, 5.74) is -0.922. The Labute approximate surface area is 100 Å². The van der Waals surface area contributed by atoms with Crippen molar-refractivity contribution in [1.29, 1.82) is 0 Å².